The lowest BCUT2D eigenvalue weighted by Crippen LogP contribution is -2.49. The van der Waals surface area contributed by atoms with E-state index < -0.39 is 0 Å². The zero-order chi connectivity index (χ0) is 25.9. The van der Waals surface area contributed by atoms with E-state index in [0.29, 0.717) is 38.7 Å². The average Bonchev–Trinajstić information content (AvgIpc) is 2.99. The van der Waals surface area contributed by atoms with Gasteiger partial charge >= 0.3 is 12.1 Å². The predicted molar refractivity (Wildman–Crippen MR) is 148 cm³/mol. The summed E-state index contributed by atoms with van der Waals surface area (Å²) in [5, 5.41) is 2.48. The Hall–Kier alpha value is -4.33. The number of carbonyl (C=O) groups is 1. The Labute approximate surface area is 222 Å². The quantitative estimate of drug-likeness (QED) is 0.388. The highest BCUT2D eigenvalue weighted by Gasteiger charge is 2.29. The van der Waals surface area contributed by atoms with Crippen LogP contribution in [-0.4, -0.2) is 60.8 Å². The van der Waals surface area contributed by atoms with Gasteiger partial charge in [0.25, 0.3) is 0 Å². The van der Waals surface area contributed by atoms with Gasteiger partial charge in [0.05, 0.1) is 19.3 Å². The van der Waals surface area contributed by atoms with Gasteiger partial charge in [-0.05, 0) is 23.4 Å². The van der Waals surface area contributed by atoms with Crippen molar-refractivity contribution in [3.63, 3.8) is 0 Å². The molecule has 2 aliphatic rings. The van der Waals surface area contributed by atoms with E-state index in [1.54, 1.807) is 12.0 Å². The normalized spacial score (nSPS) is 15.3. The van der Waals surface area contributed by atoms with Crippen LogP contribution in [0.4, 0.5) is 16.3 Å². The second kappa shape index (κ2) is 10.6. The first-order valence-corrected chi connectivity index (χ1v) is 13.1. The molecule has 1 saturated heterocycles. The van der Waals surface area contributed by atoms with Crippen molar-refractivity contribution in [1.29, 1.82) is 0 Å². The predicted octanol–water partition coefficient (Wildman–Crippen LogP) is 4.66. The Bertz CT molecular complexity index is 1430. The lowest BCUT2D eigenvalue weighted by molar-refractivity contribution is 0.0941. The molecule has 0 radical (unpaired) electrons. The molecule has 38 heavy (non-hydrogen) atoms. The minimum atomic E-state index is -0.276. The molecule has 1 aromatic heterocycles. The summed E-state index contributed by atoms with van der Waals surface area (Å²) >= 11 is 0. The SMILES string of the molecule is COc1nc2c(c(N3CCN(C(=O)OCc4ccccc4)CC3)n1)CCN(c1cccc3ccccc13)C2. The van der Waals surface area contributed by atoms with Crippen molar-refractivity contribution < 1.29 is 14.3 Å². The highest BCUT2D eigenvalue weighted by atomic mass is 16.6. The second-order valence-electron chi connectivity index (χ2n) is 9.64. The molecule has 0 N–H and O–H groups in total. The number of piperazine rings is 1. The first-order chi connectivity index (χ1) is 18.7. The van der Waals surface area contributed by atoms with Gasteiger partial charge in [-0.15, -0.1) is 0 Å². The molecule has 0 spiro atoms. The average molecular weight is 510 g/mol. The van der Waals surface area contributed by atoms with Crippen molar-refractivity contribution >= 4 is 28.4 Å². The molecule has 194 valence electrons. The van der Waals surface area contributed by atoms with Crippen molar-refractivity contribution in [2.24, 2.45) is 0 Å². The van der Waals surface area contributed by atoms with Gasteiger partial charge in [-0.25, -0.2) is 4.79 Å². The minimum Gasteiger partial charge on any atom is -0.467 e. The van der Waals surface area contributed by atoms with Crippen LogP contribution >= 0.6 is 0 Å². The third-order valence-electron chi connectivity index (χ3n) is 7.36. The van der Waals surface area contributed by atoms with E-state index >= 15 is 0 Å². The van der Waals surface area contributed by atoms with Crippen molar-refractivity contribution in [2.75, 3.05) is 49.6 Å². The molecule has 6 rings (SSSR count). The maximum absolute atomic E-state index is 12.6. The van der Waals surface area contributed by atoms with E-state index in [1.807, 2.05) is 30.3 Å². The fourth-order valence-electron chi connectivity index (χ4n) is 5.34. The highest BCUT2D eigenvalue weighted by Crippen LogP contribution is 2.34. The first-order valence-electron chi connectivity index (χ1n) is 13.1. The van der Waals surface area contributed by atoms with Gasteiger partial charge in [-0.1, -0.05) is 66.7 Å². The van der Waals surface area contributed by atoms with E-state index in [-0.39, 0.29) is 12.7 Å². The fourth-order valence-corrected chi connectivity index (χ4v) is 5.34. The Morgan fingerprint density at radius 2 is 1.61 bits per heavy atom. The lowest BCUT2D eigenvalue weighted by atomic mass is 10.0. The lowest BCUT2D eigenvalue weighted by Gasteiger charge is -2.37. The standard InChI is InChI=1S/C30H31N5O3/c1-37-29-31-26-20-35(27-13-7-11-23-10-5-6-12-24(23)27)15-14-25(26)28(32-29)33-16-18-34(19-17-33)30(36)38-21-22-8-3-2-4-9-22/h2-13H,14-21H2,1H3. The number of rotatable bonds is 5. The third-order valence-corrected chi connectivity index (χ3v) is 7.36. The van der Waals surface area contributed by atoms with Gasteiger partial charge in [0, 0.05) is 49.4 Å². The van der Waals surface area contributed by atoms with Gasteiger partial charge in [0.1, 0.15) is 12.4 Å². The number of anilines is 2. The smallest absolute Gasteiger partial charge is 0.410 e. The molecule has 0 bridgehead atoms. The largest absolute Gasteiger partial charge is 0.467 e. The molecule has 2 aliphatic heterocycles. The molecule has 0 saturated carbocycles. The number of fused-ring (bicyclic) bond motifs is 2. The zero-order valence-electron chi connectivity index (χ0n) is 21.5. The topological polar surface area (TPSA) is 71.0 Å². The van der Waals surface area contributed by atoms with E-state index in [9.17, 15) is 4.79 Å². The Balaban J connectivity index is 1.17. The number of benzene rings is 3. The maximum atomic E-state index is 12.6. The van der Waals surface area contributed by atoms with Crippen LogP contribution in [-0.2, 0) is 24.3 Å². The number of amides is 1. The number of nitrogens with zero attached hydrogens (tertiary/aromatic N) is 5. The molecular weight excluding hydrogens is 478 g/mol. The van der Waals surface area contributed by atoms with E-state index in [0.717, 1.165) is 30.0 Å². The summed E-state index contributed by atoms with van der Waals surface area (Å²) in [6.07, 6.45) is 0.568. The van der Waals surface area contributed by atoms with Crippen molar-refractivity contribution in [2.45, 2.75) is 19.6 Å². The highest BCUT2D eigenvalue weighted by molar-refractivity contribution is 5.94. The summed E-state index contributed by atoms with van der Waals surface area (Å²) in [7, 11) is 1.61. The van der Waals surface area contributed by atoms with Crippen LogP contribution in [0.1, 0.15) is 16.8 Å². The molecule has 1 amide bonds. The number of hydrogen-bond donors (Lipinski definition) is 0. The van der Waals surface area contributed by atoms with Crippen LogP contribution < -0.4 is 14.5 Å². The zero-order valence-corrected chi connectivity index (χ0v) is 21.5. The van der Waals surface area contributed by atoms with Crippen molar-refractivity contribution in [3.8, 4) is 6.01 Å². The molecule has 3 aromatic carbocycles. The van der Waals surface area contributed by atoms with Crippen molar-refractivity contribution in [1.82, 2.24) is 14.9 Å². The van der Waals surface area contributed by atoms with E-state index in [1.165, 1.54) is 22.0 Å². The van der Waals surface area contributed by atoms with Gasteiger partial charge < -0.3 is 24.2 Å². The van der Waals surface area contributed by atoms with Crippen LogP contribution in [0.25, 0.3) is 10.8 Å². The number of methoxy groups -OCH3 is 1. The second-order valence-corrected chi connectivity index (χ2v) is 9.64. The van der Waals surface area contributed by atoms with Gasteiger partial charge in [0.15, 0.2) is 0 Å². The summed E-state index contributed by atoms with van der Waals surface area (Å²) < 4.78 is 11.0. The number of aromatic nitrogens is 2. The van der Waals surface area contributed by atoms with E-state index in [2.05, 4.69) is 52.3 Å². The Morgan fingerprint density at radius 3 is 2.42 bits per heavy atom. The van der Waals surface area contributed by atoms with E-state index in [4.69, 9.17) is 19.4 Å². The molecule has 0 atom stereocenters. The van der Waals surface area contributed by atoms with Crippen LogP contribution in [0.5, 0.6) is 6.01 Å². The van der Waals surface area contributed by atoms with Gasteiger partial charge in [0.2, 0.25) is 0 Å². The summed E-state index contributed by atoms with van der Waals surface area (Å²) in [6, 6.07) is 25.1. The maximum Gasteiger partial charge on any atom is 0.410 e. The molecule has 0 unspecified atom stereocenters. The first kappa shape index (κ1) is 24.0. The van der Waals surface area contributed by atoms with Gasteiger partial charge in [-0.3, -0.25) is 0 Å². The molecule has 1 fully saturated rings. The van der Waals surface area contributed by atoms with Crippen LogP contribution in [0.15, 0.2) is 72.8 Å². The Morgan fingerprint density at radius 1 is 0.842 bits per heavy atom. The summed E-state index contributed by atoms with van der Waals surface area (Å²) in [5.74, 6) is 0.918. The fraction of sp³-hybridized carbons (Fsp3) is 0.300. The molecule has 8 heteroatoms. The number of carbonyl (C=O) groups excluding carboxylic acids is 1. The molecule has 4 aromatic rings. The molecular formula is C30H31N5O3. The monoisotopic (exact) mass is 509 g/mol. The van der Waals surface area contributed by atoms with Crippen LogP contribution in [0.3, 0.4) is 0 Å². The third kappa shape index (κ3) is 4.81. The van der Waals surface area contributed by atoms with Crippen LogP contribution in [0, 0.1) is 0 Å². The molecule has 0 aliphatic carbocycles. The summed E-state index contributed by atoms with van der Waals surface area (Å²) in [6.45, 7) is 4.38. The summed E-state index contributed by atoms with van der Waals surface area (Å²) in [5.41, 5.74) is 4.37. The molecule has 8 nitrogen and oxygen atoms in total. The summed E-state index contributed by atoms with van der Waals surface area (Å²) in [4.78, 5) is 28.6. The van der Waals surface area contributed by atoms with Gasteiger partial charge in [-0.2, -0.15) is 9.97 Å². The Kier molecular flexibility index (Phi) is 6.69. The van der Waals surface area contributed by atoms with Crippen molar-refractivity contribution in [3.05, 3.63) is 89.6 Å². The van der Waals surface area contributed by atoms with Crippen LogP contribution in [0.2, 0.25) is 0 Å². The molecule has 3 heterocycles. The number of hydrogen-bond acceptors (Lipinski definition) is 7. The number of ether oxygens (including phenoxy) is 2. The minimum absolute atomic E-state index is 0.276.